The smallest absolute Gasteiger partial charge is 0.329 e. The van der Waals surface area contributed by atoms with Gasteiger partial charge in [0.05, 0.1) is 5.60 Å². The number of hydrogen-bond donors (Lipinski definition) is 3. The molecular weight excluding hydrogens is 380 g/mol. The Bertz CT molecular complexity index is 911. The van der Waals surface area contributed by atoms with Crippen LogP contribution in [-0.2, 0) is 31.3 Å². The zero-order valence-electron chi connectivity index (χ0n) is 17.0. The van der Waals surface area contributed by atoms with Crippen LogP contribution in [-0.4, -0.2) is 11.1 Å². The van der Waals surface area contributed by atoms with Gasteiger partial charge in [-0.15, -0.1) is 0 Å². The van der Waals surface area contributed by atoms with Gasteiger partial charge in [0.15, 0.2) is 0 Å². The second-order valence-corrected chi connectivity index (χ2v) is 9.10. The van der Waals surface area contributed by atoms with E-state index in [9.17, 15) is 9.90 Å². The Balaban J connectivity index is 1.35. The number of nitrogens with one attached hydrogen (secondary N) is 2. The van der Waals surface area contributed by atoms with Crippen LogP contribution in [0.25, 0.3) is 6.08 Å². The molecule has 0 saturated carbocycles. The average molecular weight is 409 g/mol. The van der Waals surface area contributed by atoms with Gasteiger partial charge < -0.3 is 10.4 Å². The number of urea groups is 1. The van der Waals surface area contributed by atoms with Crippen molar-refractivity contribution >= 4 is 29.7 Å². The number of aliphatic hydroxyl groups is 1. The van der Waals surface area contributed by atoms with E-state index >= 15 is 0 Å². The van der Waals surface area contributed by atoms with Crippen LogP contribution in [0.1, 0.15) is 60.1 Å². The Morgan fingerprint density at radius 3 is 2.24 bits per heavy atom. The standard InChI is InChI=1S/C24H28N2O2S/c1-24(2,28)19-11-9-16(10-12-19)13-14-29-26-23(27)25-22-20-7-3-5-17(20)15-18-6-4-8-21(18)22/h9-15,28H,3-8H2,1-2H3,(H2,25,26,27)/b14-13+. The Hall–Kier alpha value is -2.24. The predicted octanol–water partition coefficient (Wildman–Crippen LogP) is 5.33. The normalized spacial score (nSPS) is 15.4. The van der Waals surface area contributed by atoms with Crippen LogP contribution >= 0.6 is 11.9 Å². The van der Waals surface area contributed by atoms with E-state index in [4.69, 9.17) is 0 Å². The molecule has 0 spiro atoms. The minimum atomic E-state index is -0.839. The number of fused-ring (bicyclic) bond motifs is 2. The van der Waals surface area contributed by atoms with E-state index in [-0.39, 0.29) is 6.03 Å². The summed E-state index contributed by atoms with van der Waals surface area (Å²) in [7, 11) is 0. The number of hydrogen-bond acceptors (Lipinski definition) is 3. The molecule has 0 fully saturated rings. The van der Waals surface area contributed by atoms with E-state index in [0.717, 1.165) is 42.5 Å². The minimum absolute atomic E-state index is 0.175. The lowest BCUT2D eigenvalue weighted by molar-refractivity contribution is 0.0786. The van der Waals surface area contributed by atoms with Crippen LogP contribution in [0, 0.1) is 0 Å². The molecule has 29 heavy (non-hydrogen) atoms. The Morgan fingerprint density at radius 1 is 1.03 bits per heavy atom. The van der Waals surface area contributed by atoms with E-state index in [1.54, 1.807) is 13.8 Å². The van der Waals surface area contributed by atoms with Crippen molar-refractivity contribution in [1.82, 2.24) is 4.72 Å². The highest BCUT2D eigenvalue weighted by Gasteiger charge is 2.24. The lowest BCUT2D eigenvalue weighted by Gasteiger charge is -2.17. The molecule has 0 atom stereocenters. The second-order valence-electron chi connectivity index (χ2n) is 8.39. The lowest BCUT2D eigenvalue weighted by atomic mass is 9.97. The van der Waals surface area contributed by atoms with Gasteiger partial charge in [-0.05, 0) is 109 Å². The third-order valence-electron chi connectivity index (χ3n) is 5.81. The van der Waals surface area contributed by atoms with Crippen molar-refractivity contribution in [1.29, 1.82) is 0 Å². The highest BCUT2D eigenvalue weighted by Crippen LogP contribution is 2.38. The monoisotopic (exact) mass is 408 g/mol. The van der Waals surface area contributed by atoms with E-state index in [0.29, 0.717) is 0 Å². The summed E-state index contributed by atoms with van der Waals surface area (Å²) in [5.74, 6) is 0. The fourth-order valence-corrected chi connectivity index (χ4v) is 4.76. The summed E-state index contributed by atoms with van der Waals surface area (Å²) in [4.78, 5) is 12.5. The summed E-state index contributed by atoms with van der Waals surface area (Å²) in [6.07, 6.45) is 8.68. The molecule has 0 bridgehead atoms. The Morgan fingerprint density at radius 2 is 1.66 bits per heavy atom. The van der Waals surface area contributed by atoms with Gasteiger partial charge in [0, 0.05) is 5.69 Å². The first-order chi connectivity index (χ1) is 13.9. The average Bonchev–Trinajstić information content (AvgIpc) is 3.34. The maximum Gasteiger partial charge on any atom is 0.329 e. The first kappa shape index (κ1) is 20.0. The quantitative estimate of drug-likeness (QED) is 0.586. The molecule has 0 saturated heterocycles. The zero-order valence-corrected chi connectivity index (χ0v) is 17.9. The number of rotatable bonds is 5. The van der Waals surface area contributed by atoms with E-state index in [1.165, 1.54) is 47.0 Å². The fourth-order valence-electron chi connectivity index (χ4n) is 4.31. The molecule has 0 aliphatic heterocycles. The zero-order chi connectivity index (χ0) is 20.4. The van der Waals surface area contributed by atoms with Crippen molar-refractivity contribution in [3.8, 4) is 0 Å². The highest BCUT2D eigenvalue weighted by atomic mass is 32.2. The number of carbonyl (C=O) groups excluding carboxylic acids is 1. The van der Waals surface area contributed by atoms with Crippen molar-refractivity contribution in [2.75, 3.05) is 5.32 Å². The number of amides is 2. The van der Waals surface area contributed by atoms with Crippen LogP contribution in [0.15, 0.2) is 35.7 Å². The van der Waals surface area contributed by atoms with Crippen LogP contribution in [0.4, 0.5) is 10.5 Å². The van der Waals surface area contributed by atoms with Crippen molar-refractivity contribution in [3.63, 3.8) is 0 Å². The predicted molar refractivity (Wildman–Crippen MR) is 121 cm³/mol. The first-order valence-electron chi connectivity index (χ1n) is 10.3. The van der Waals surface area contributed by atoms with E-state index in [1.807, 2.05) is 35.7 Å². The molecule has 2 aromatic rings. The Kier molecular flexibility index (Phi) is 5.70. The Labute approximate surface area is 176 Å². The molecule has 5 heteroatoms. The third kappa shape index (κ3) is 4.51. The molecule has 2 aromatic carbocycles. The SMILES string of the molecule is CC(C)(O)c1ccc(/C=C/SNC(=O)Nc2c3c(cc4c2CCC4)CCC3)cc1. The molecule has 2 aliphatic carbocycles. The summed E-state index contributed by atoms with van der Waals surface area (Å²) in [6, 6.07) is 9.95. The van der Waals surface area contributed by atoms with Gasteiger partial charge >= 0.3 is 6.03 Å². The number of carbonyl (C=O) groups is 1. The summed E-state index contributed by atoms with van der Waals surface area (Å²) in [6.45, 7) is 3.54. The molecule has 3 N–H and O–H groups in total. The number of aryl methyl sites for hydroxylation is 2. The third-order valence-corrected chi connectivity index (χ3v) is 6.38. The van der Waals surface area contributed by atoms with Gasteiger partial charge in [0.1, 0.15) is 0 Å². The van der Waals surface area contributed by atoms with Crippen molar-refractivity contribution in [2.24, 2.45) is 0 Å². The van der Waals surface area contributed by atoms with Crippen LogP contribution in [0.2, 0.25) is 0 Å². The summed E-state index contributed by atoms with van der Waals surface area (Å²) >= 11 is 1.26. The molecule has 0 unspecified atom stereocenters. The number of anilines is 1. The summed E-state index contributed by atoms with van der Waals surface area (Å²) in [5, 5.41) is 15.0. The van der Waals surface area contributed by atoms with Gasteiger partial charge in [0.2, 0.25) is 0 Å². The molecular formula is C24H28N2O2S. The van der Waals surface area contributed by atoms with Crippen molar-refractivity contribution in [3.05, 3.63) is 69.1 Å². The van der Waals surface area contributed by atoms with Gasteiger partial charge in [-0.1, -0.05) is 30.3 Å². The minimum Gasteiger partial charge on any atom is -0.386 e. The molecule has 4 rings (SSSR count). The summed E-state index contributed by atoms with van der Waals surface area (Å²) in [5.41, 5.74) is 7.65. The topological polar surface area (TPSA) is 61.4 Å². The van der Waals surface area contributed by atoms with Crippen molar-refractivity contribution < 1.29 is 9.90 Å². The van der Waals surface area contributed by atoms with Gasteiger partial charge in [-0.2, -0.15) is 0 Å². The molecule has 0 aromatic heterocycles. The van der Waals surface area contributed by atoms with Gasteiger partial charge in [-0.3, -0.25) is 4.72 Å². The van der Waals surface area contributed by atoms with Gasteiger partial charge in [0.25, 0.3) is 0 Å². The molecule has 2 amide bonds. The van der Waals surface area contributed by atoms with Crippen LogP contribution in [0.3, 0.4) is 0 Å². The maximum atomic E-state index is 12.5. The summed E-state index contributed by atoms with van der Waals surface area (Å²) < 4.78 is 2.86. The molecule has 0 heterocycles. The first-order valence-corrected chi connectivity index (χ1v) is 11.2. The van der Waals surface area contributed by atoms with E-state index in [2.05, 4.69) is 16.1 Å². The van der Waals surface area contributed by atoms with Gasteiger partial charge in [-0.25, -0.2) is 4.79 Å². The largest absolute Gasteiger partial charge is 0.386 e. The van der Waals surface area contributed by atoms with Crippen LogP contribution < -0.4 is 10.0 Å². The number of benzene rings is 2. The van der Waals surface area contributed by atoms with Crippen LogP contribution in [0.5, 0.6) is 0 Å². The molecule has 152 valence electrons. The highest BCUT2D eigenvalue weighted by molar-refractivity contribution is 8.00. The molecule has 0 radical (unpaired) electrons. The van der Waals surface area contributed by atoms with E-state index < -0.39 is 5.60 Å². The fraction of sp³-hybridized carbons (Fsp3) is 0.375. The van der Waals surface area contributed by atoms with Crippen molar-refractivity contribution in [2.45, 2.75) is 58.0 Å². The maximum absolute atomic E-state index is 12.5. The molecule has 2 aliphatic rings. The second kappa shape index (κ2) is 8.25. The lowest BCUT2D eigenvalue weighted by Crippen LogP contribution is -2.23. The molecule has 4 nitrogen and oxygen atoms in total.